The first-order valence-corrected chi connectivity index (χ1v) is 5.43. The van der Waals surface area contributed by atoms with Crippen molar-refractivity contribution in [3.63, 3.8) is 0 Å². The van der Waals surface area contributed by atoms with Gasteiger partial charge in [0.05, 0.1) is 5.69 Å². The van der Waals surface area contributed by atoms with Gasteiger partial charge in [-0.1, -0.05) is 19.4 Å². The van der Waals surface area contributed by atoms with Crippen LogP contribution in [0.5, 0.6) is 0 Å². The van der Waals surface area contributed by atoms with E-state index in [0.29, 0.717) is 0 Å². The highest BCUT2D eigenvalue weighted by molar-refractivity contribution is 5.41. The molecule has 0 unspecified atom stereocenters. The number of hydrogen-bond acceptors (Lipinski definition) is 2. The molecule has 3 heteroatoms. The van der Waals surface area contributed by atoms with Crippen molar-refractivity contribution in [3.8, 4) is 0 Å². The first-order chi connectivity index (χ1) is 7.15. The number of nitrogens with two attached hydrogens (primary N) is 1. The summed E-state index contributed by atoms with van der Waals surface area (Å²) < 4.78 is 13.2. The first-order valence-electron chi connectivity index (χ1n) is 5.43. The average Bonchev–Trinajstić information content (AvgIpc) is 2.22. The fourth-order valence-electron chi connectivity index (χ4n) is 1.43. The molecule has 0 radical (unpaired) electrons. The van der Waals surface area contributed by atoms with Gasteiger partial charge in [0.2, 0.25) is 0 Å². The van der Waals surface area contributed by atoms with E-state index >= 15 is 0 Å². The van der Waals surface area contributed by atoms with Crippen LogP contribution in [0.2, 0.25) is 0 Å². The Hall–Kier alpha value is -1.09. The van der Waals surface area contributed by atoms with Crippen molar-refractivity contribution in [2.45, 2.75) is 32.7 Å². The fraction of sp³-hybridized carbons (Fsp3) is 0.500. The molecule has 1 aromatic rings. The molecule has 2 nitrogen and oxygen atoms in total. The zero-order valence-corrected chi connectivity index (χ0v) is 9.39. The van der Waals surface area contributed by atoms with Crippen LogP contribution in [0, 0.1) is 5.82 Å². The van der Waals surface area contributed by atoms with Gasteiger partial charge >= 0.3 is 0 Å². The topological polar surface area (TPSA) is 38.0 Å². The Balaban J connectivity index is 2.57. The lowest BCUT2D eigenvalue weighted by Crippen LogP contribution is -2.19. The highest BCUT2D eigenvalue weighted by Gasteiger charge is 2.06. The molecule has 1 atom stereocenters. The van der Waals surface area contributed by atoms with Crippen LogP contribution in [0.3, 0.4) is 0 Å². The number of halogens is 1. The summed E-state index contributed by atoms with van der Waals surface area (Å²) in [5.41, 5.74) is 6.57. The highest BCUT2D eigenvalue weighted by atomic mass is 19.1. The maximum atomic E-state index is 13.2. The minimum Gasteiger partial charge on any atom is -0.396 e. The Morgan fingerprint density at radius 1 is 1.47 bits per heavy atom. The SMILES string of the molecule is CCCCN[C@@H](C)c1ccc(N)c(F)c1. The lowest BCUT2D eigenvalue weighted by atomic mass is 10.1. The number of nitrogen functional groups attached to an aromatic ring is 1. The Morgan fingerprint density at radius 3 is 2.80 bits per heavy atom. The molecule has 0 amide bonds. The molecule has 0 aromatic heterocycles. The normalized spacial score (nSPS) is 12.7. The summed E-state index contributed by atoms with van der Waals surface area (Å²) in [5, 5.41) is 3.34. The molecule has 3 N–H and O–H groups in total. The number of benzene rings is 1. The quantitative estimate of drug-likeness (QED) is 0.579. The van der Waals surface area contributed by atoms with E-state index in [1.165, 1.54) is 6.07 Å². The van der Waals surface area contributed by atoms with Crippen molar-refractivity contribution in [2.75, 3.05) is 12.3 Å². The summed E-state index contributed by atoms with van der Waals surface area (Å²) in [5.74, 6) is -0.336. The molecule has 84 valence electrons. The second-order valence-corrected chi connectivity index (χ2v) is 3.81. The van der Waals surface area contributed by atoms with Crippen LogP contribution in [-0.2, 0) is 0 Å². The van der Waals surface area contributed by atoms with E-state index in [1.54, 1.807) is 6.07 Å². The third kappa shape index (κ3) is 3.51. The molecule has 15 heavy (non-hydrogen) atoms. The smallest absolute Gasteiger partial charge is 0.146 e. The van der Waals surface area contributed by atoms with Crippen LogP contribution in [0.25, 0.3) is 0 Å². The fourth-order valence-corrected chi connectivity index (χ4v) is 1.43. The lowest BCUT2D eigenvalue weighted by Gasteiger charge is -2.14. The van der Waals surface area contributed by atoms with Gasteiger partial charge in [-0.3, -0.25) is 0 Å². The maximum absolute atomic E-state index is 13.2. The molecule has 0 fully saturated rings. The summed E-state index contributed by atoms with van der Waals surface area (Å²) in [6.07, 6.45) is 2.30. The van der Waals surface area contributed by atoms with Crippen LogP contribution >= 0.6 is 0 Å². The largest absolute Gasteiger partial charge is 0.396 e. The van der Waals surface area contributed by atoms with Crippen LogP contribution in [0.4, 0.5) is 10.1 Å². The lowest BCUT2D eigenvalue weighted by molar-refractivity contribution is 0.549. The standard InChI is InChI=1S/C12H19FN2/c1-3-4-7-15-9(2)10-5-6-12(14)11(13)8-10/h5-6,8-9,15H,3-4,7,14H2,1-2H3/t9-/m0/s1. The van der Waals surface area contributed by atoms with Gasteiger partial charge in [0.25, 0.3) is 0 Å². The summed E-state index contributed by atoms with van der Waals surface area (Å²) in [4.78, 5) is 0. The minimum absolute atomic E-state index is 0.173. The summed E-state index contributed by atoms with van der Waals surface area (Å²) in [6, 6.07) is 5.15. The van der Waals surface area contributed by atoms with E-state index in [1.807, 2.05) is 13.0 Å². The van der Waals surface area contributed by atoms with E-state index in [-0.39, 0.29) is 17.5 Å². The summed E-state index contributed by atoms with van der Waals surface area (Å²) in [6.45, 7) is 5.14. The van der Waals surface area contributed by atoms with Gasteiger partial charge in [-0.05, 0) is 37.6 Å². The molecule has 0 heterocycles. The molecule has 0 aliphatic rings. The number of rotatable bonds is 5. The van der Waals surface area contributed by atoms with Crippen LogP contribution in [-0.4, -0.2) is 6.54 Å². The molecular weight excluding hydrogens is 191 g/mol. The van der Waals surface area contributed by atoms with E-state index in [2.05, 4.69) is 12.2 Å². The maximum Gasteiger partial charge on any atom is 0.146 e. The van der Waals surface area contributed by atoms with Crippen LogP contribution in [0.1, 0.15) is 38.3 Å². The molecule has 0 aliphatic heterocycles. The Bertz CT molecular complexity index is 312. The van der Waals surface area contributed by atoms with Crippen molar-refractivity contribution in [1.82, 2.24) is 5.32 Å². The molecular formula is C12H19FN2. The molecule has 1 aromatic carbocycles. The van der Waals surface area contributed by atoms with Crippen molar-refractivity contribution in [1.29, 1.82) is 0 Å². The highest BCUT2D eigenvalue weighted by Crippen LogP contribution is 2.17. The minimum atomic E-state index is -0.336. The van der Waals surface area contributed by atoms with E-state index in [9.17, 15) is 4.39 Å². The molecule has 1 rings (SSSR count). The van der Waals surface area contributed by atoms with Gasteiger partial charge in [-0.2, -0.15) is 0 Å². The molecule has 0 saturated heterocycles. The number of nitrogens with one attached hydrogen (secondary N) is 1. The molecule has 0 spiro atoms. The Kier molecular flexibility index (Phi) is 4.56. The summed E-state index contributed by atoms with van der Waals surface area (Å²) in [7, 11) is 0. The van der Waals surface area contributed by atoms with Gasteiger partial charge in [0.1, 0.15) is 5.82 Å². The van der Waals surface area contributed by atoms with Crippen molar-refractivity contribution < 1.29 is 4.39 Å². The van der Waals surface area contributed by atoms with E-state index in [4.69, 9.17) is 5.73 Å². The van der Waals surface area contributed by atoms with Gasteiger partial charge < -0.3 is 11.1 Å². The average molecular weight is 210 g/mol. The molecule has 0 saturated carbocycles. The van der Waals surface area contributed by atoms with Crippen molar-refractivity contribution >= 4 is 5.69 Å². The van der Waals surface area contributed by atoms with Crippen molar-refractivity contribution in [2.24, 2.45) is 0 Å². The van der Waals surface area contributed by atoms with Gasteiger partial charge in [0.15, 0.2) is 0 Å². The third-order valence-electron chi connectivity index (χ3n) is 2.51. The van der Waals surface area contributed by atoms with E-state index < -0.39 is 0 Å². The monoisotopic (exact) mass is 210 g/mol. The number of unbranched alkanes of at least 4 members (excludes halogenated alkanes) is 1. The predicted molar refractivity (Wildman–Crippen MR) is 62.1 cm³/mol. The zero-order chi connectivity index (χ0) is 11.3. The zero-order valence-electron chi connectivity index (χ0n) is 9.39. The Labute approximate surface area is 90.7 Å². The van der Waals surface area contributed by atoms with Crippen LogP contribution < -0.4 is 11.1 Å². The van der Waals surface area contributed by atoms with Crippen molar-refractivity contribution in [3.05, 3.63) is 29.6 Å². The number of hydrogen-bond donors (Lipinski definition) is 2. The predicted octanol–water partition coefficient (Wildman–Crippen LogP) is 2.86. The first kappa shape index (κ1) is 12.0. The van der Waals surface area contributed by atoms with Gasteiger partial charge in [-0.25, -0.2) is 4.39 Å². The Morgan fingerprint density at radius 2 is 2.20 bits per heavy atom. The summed E-state index contributed by atoms with van der Waals surface area (Å²) >= 11 is 0. The number of anilines is 1. The molecule has 0 aliphatic carbocycles. The van der Waals surface area contributed by atoms with E-state index in [0.717, 1.165) is 24.9 Å². The van der Waals surface area contributed by atoms with Crippen LogP contribution in [0.15, 0.2) is 18.2 Å². The third-order valence-corrected chi connectivity index (χ3v) is 2.51. The molecule has 0 bridgehead atoms. The second kappa shape index (κ2) is 5.71. The van der Waals surface area contributed by atoms with Gasteiger partial charge in [0, 0.05) is 6.04 Å². The van der Waals surface area contributed by atoms with Gasteiger partial charge in [-0.15, -0.1) is 0 Å². The second-order valence-electron chi connectivity index (χ2n) is 3.81.